The van der Waals surface area contributed by atoms with Gasteiger partial charge in [0.05, 0.1) is 27.3 Å². The monoisotopic (exact) mass is 374 g/mol. The number of aromatic nitrogens is 2. The first-order valence-corrected chi connectivity index (χ1v) is 9.93. The molecule has 26 heavy (non-hydrogen) atoms. The second kappa shape index (κ2) is 6.87. The zero-order chi connectivity index (χ0) is 18.9. The van der Waals surface area contributed by atoms with Gasteiger partial charge < -0.3 is 14.9 Å². The van der Waals surface area contributed by atoms with E-state index < -0.39 is 10.0 Å². The van der Waals surface area contributed by atoms with Crippen molar-refractivity contribution in [1.29, 1.82) is 0 Å². The van der Waals surface area contributed by atoms with Crippen LogP contribution in [0.5, 0.6) is 0 Å². The first-order chi connectivity index (χ1) is 12.3. The molecule has 7 nitrogen and oxygen atoms in total. The molecule has 3 N–H and O–H groups in total. The van der Waals surface area contributed by atoms with Crippen molar-refractivity contribution in [3.8, 4) is 0 Å². The van der Waals surface area contributed by atoms with Gasteiger partial charge in [0.15, 0.2) is 0 Å². The van der Waals surface area contributed by atoms with Crippen LogP contribution in [0.4, 0.5) is 11.4 Å². The van der Waals surface area contributed by atoms with Crippen LogP contribution in [0.1, 0.15) is 19.4 Å². The van der Waals surface area contributed by atoms with Crippen molar-refractivity contribution in [2.75, 3.05) is 22.7 Å². The quantitative estimate of drug-likeness (QED) is 0.618. The van der Waals surface area contributed by atoms with E-state index in [0.717, 1.165) is 5.56 Å². The van der Waals surface area contributed by atoms with Crippen molar-refractivity contribution in [1.82, 2.24) is 9.97 Å². The maximum atomic E-state index is 12.8. The summed E-state index contributed by atoms with van der Waals surface area (Å²) in [6, 6.07) is 10.1. The normalized spacial score (nSPS) is 11.7. The molecule has 0 unspecified atom stereocenters. The number of anilines is 2. The van der Waals surface area contributed by atoms with Crippen LogP contribution in [0.25, 0.3) is 11.0 Å². The summed E-state index contributed by atoms with van der Waals surface area (Å²) in [5.74, 6) is 0. The lowest BCUT2D eigenvalue weighted by Crippen LogP contribution is -2.24. The lowest BCUT2D eigenvalue weighted by molar-refractivity contribution is 0.601. The van der Waals surface area contributed by atoms with Gasteiger partial charge in [0.2, 0.25) is 0 Å². The smallest absolute Gasteiger partial charge is 0.323 e. The summed E-state index contributed by atoms with van der Waals surface area (Å²) in [7, 11) is -3.74. The van der Waals surface area contributed by atoms with Crippen LogP contribution in [0, 0.1) is 6.92 Å². The second-order valence-corrected chi connectivity index (χ2v) is 7.77. The number of hydrogen-bond acceptors (Lipinski definition) is 4. The van der Waals surface area contributed by atoms with E-state index in [2.05, 4.69) is 14.7 Å². The van der Waals surface area contributed by atoms with E-state index >= 15 is 0 Å². The number of benzene rings is 2. The fraction of sp³-hybridized carbons (Fsp3) is 0.278. The first-order valence-electron chi connectivity index (χ1n) is 8.44. The maximum Gasteiger partial charge on any atom is 0.323 e. The molecule has 1 heterocycles. The lowest BCUT2D eigenvalue weighted by Gasteiger charge is -2.24. The van der Waals surface area contributed by atoms with Gasteiger partial charge in [-0.3, -0.25) is 4.72 Å². The fourth-order valence-corrected chi connectivity index (χ4v) is 3.96. The number of imidazole rings is 1. The average Bonchev–Trinajstić information content (AvgIpc) is 2.95. The summed E-state index contributed by atoms with van der Waals surface area (Å²) >= 11 is 0. The molecule has 138 valence electrons. The Hall–Kier alpha value is -2.74. The highest BCUT2D eigenvalue weighted by Gasteiger charge is 2.19. The van der Waals surface area contributed by atoms with Crippen LogP contribution in [0.3, 0.4) is 0 Å². The third-order valence-electron chi connectivity index (χ3n) is 4.31. The van der Waals surface area contributed by atoms with Gasteiger partial charge in [-0.15, -0.1) is 0 Å². The van der Waals surface area contributed by atoms with Crippen molar-refractivity contribution in [2.24, 2.45) is 0 Å². The second-order valence-electron chi connectivity index (χ2n) is 6.08. The maximum absolute atomic E-state index is 12.8. The molecule has 0 saturated carbocycles. The minimum Gasteiger partial charge on any atom is -0.370 e. The molecule has 0 amide bonds. The van der Waals surface area contributed by atoms with Crippen molar-refractivity contribution >= 4 is 32.4 Å². The van der Waals surface area contributed by atoms with E-state index in [1.54, 1.807) is 36.4 Å². The zero-order valence-corrected chi connectivity index (χ0v) is 15.8. The van der Waals surface area contributed by atoms with Crippen molar-refractivity contribution < 1.29 is 8.42 Å². The fourth-order valence-electron chi connectivity index (χ4n) is 2.90. The summed E-state index contributed by atoms with van der Waals surface area (Å²) in [4.78, 5) is 19.2. The minimum atomic E-state index is -3.74. The SMILES string of the molecule is CCN(CC)c1cc2[nH]c(=O)[nH]c2cc1NS(=O)(=O)c1ccc(C)cc1. The van der Waals surface area contributed by atoms with E-state index in [9.17, 15) is 13.2 Å². The van der Waals surface area contributed by atoms with Gasteiger partial charge in [-0.05, 0) is 45.0 Å². The minimum absolute atomic E-state index is 0.191. The van der Waals surface area contributed by atoms with Gasteiger partial charge >= 0.3 is 5.69 Å². The average molecular weight is 374 g/mol. The molecule has 0 atom stereocenters. The number of aromatic amines is 2. The van der Waals surface area contributed by atoms with Crippen LogP contribution >= 0.6 is 0 Å². The molecule has 0 bridgehead atoms. The highest BCUT2D eigenvalue weighted by Crippen LogP contribution is 2.31. The number of nitrogens with one attached hydrogen (secondary N) is 3. The van der Waals surface area contributed by atoms with Crippen LogP contribution in [-0.2, 0) is 10.0 Å². The largest absolute Gasteiger partial charge is 0.370 e. The number of H-pyrrole nitrogens is 2. The molecular formula is C18H22N4O3S. The summed E-state index contributed by atoms with van der Waals surface area (Å²) in [6.07, 6.45) is 0. The van der Waals surface area contributed by atoms with Crippen LogP contribution in [0.15, 0.2) is 46.1 Å². The molecule has 8 heteroatoms. The Balaban J connectivity index is 2.11. The molecule has 0 aliphatic heterocycles. The van der Waals surface area contributed by atoms with Gasteiger partial charge in [-0.2, -0.15) is 0 Å². The molecule has 0 fully saturated rings. The van der Waals surface area contributed by atoms with Crippen molar-refractivity contribution in [3.63, 3.8) is 0 Å². The summed E-state index contributed by atoms with van der Waals surface area (Å²) in [5, 5.41) is 0. The topological polar surface area (TPSA) is 98.1 Å². The Morgan fingerprint density at radius 1 is 1.00 bits per heavy atom. The van der Waals surface area contributed by atoms with E-state index in [1.807, 2.05) is 25.7 Å². The Labute approximate surface area is 152 Å². The Morgan fingerprint density at radius 2 is 1.58 bits per heavy atom. The Bertz CT molecular complexity index is 1080. The van der Waals surface area contributed by atoms with Gasteiger partial charge in [0.25, 0.3) is 10.0 Å². The van der Waals surface area contributed by atoms with Crippen molar-refractivity contribution in [3.05, 3.63) is 52.4 Å². The summed E-state index contributed by atoms with van der Waals surface area (Å²) < 4.78 is 28.3. The highest BCUT2D eigenvalue weighted by molar-refractivity contribution is 7.92. The Kier molecular flexibility index (Phi) is 4.78. The number of aryl methyl sites for hydroxylation is 1. The predicted molar refractivity (Wildman–Crippen MR) is 104 cm³/mol. The number of hydrogen-bond donors (Lipinski definition) is 3. The molecular weight excluding hydrogens is 352 g/mol. The van der Waals surface area contributed by atoms with Crippen LogP contribution in [0.2, 0.25) is 0 Å². The van der Waals surface area contributed by atoms with Gasteiger partial charge in [-0.25, -0.2) is 13.2 Å². The number of nitrogens with zero attached hydrogens (tertiary/aromatic N) is 1. The van der Waals surface area contributed by atoms with E-state index in [4.69, 9.17) is 0 Å². The number of fused-ring (bicyclic) bond motifs is 1. The molecule has 1 aromatic heterocycles. The van der Waals surface area contributed by atoms with Crippen LogP contribution < -0.4 is 15.3 Å². The highest BCUT2D eigenvalue weighted by atomic mass is 32.2. The van der Waals surface area contributed by atoms with Crippen molar-refractivity contribution in [2.45, 2.75) is 25.7 Å². The number of sulfonamides is 1. The molecule has 3 rings (SSSR count). The molecule has 0 radical (unpaired) electrons. The predicted octanol–water partition coefficient (Wildman–Crippen LogP) is 2.81. The summed E-state index contributed by atoms with van der Waals surface area (Å²) in [5.41, 5.74) is 2.98. The molecule has 0 aliphatic carbocycles. The molecule has 3 aromatic rings. The molecule has 0 saturated heterocycles. The van der Waals surface area contributed by atoms with Gasteiger partial charge in [-0.1, -0.05) is 17.7 Å². The Morgan fingerprint density at radius 3 is 2.15 bits per heavy atom. The van der Waals surface area contributed by atoms with E-state index in [0.29, 0.717) is 35.5 Å². The van der Waals surface area contributed by atoms with Gasteiger partial charge in [0.1, 0.15) is 0 Å². The molecule has 0 aliphatic rings. The standard InChI is InChI=1S/C18H22N4O3S/c1-4-22(5-2)17-11-15-14(19-18(23)20-15)10-16(17)21-26(24,25)13-8-6-12(3)7-9-13/h6-11,21H,4-5H2,1-3H3,(H2,19,20,23). The zero-order valence-electron chi connectivity index (χ0n) is 15.0. The molecule has 2 aromatic carbocycles. The van der Waals surface area contributed by atoms with Gasteiger partial charge in [0, 0.05) is 13.1 Å². The number of rotatable bonds is 6. The summed E-state index contributed by atoms with van der Waals surface area (Å²) in [6.45, 7) is 7.29. The lowest BCUT2D eigenvalue weighted by atomic mass is 10.2. The first kappa shape index (κ1) is 18.1. The molecule has 0 spiro atoms. The van der Waals surface area contributed by atoms with E-state index in [1.165, 1.54) is 0 Å². The third kappa shape index (κ3) is 3.45. The van der Waals surface area contributed by atoms with E-state index in [-0.39, 0.29) is 10.6 Å². The third-order valence-corrected chi connectivity index (χ3v) is 5.69. The van der Waals surface area contributed by atoms with Crippen LogP contribution in [-0.4, -0.2) is 31.5 Å².